The molecule has 2 heterocycles. The van der Waals surface area contributed by atoms with Crippen molar-refractivity contribution in [3.8, 4) is 0 Å². The smallest absolute Gasteiger partial charge is 0.377 e. The number of halogens is 7. The van der Waals surface area contributed by atoms with Gasteiger partial charge >= 0.3 is 12.4 Å². The maximum atomic E-state index is 15.0. The zero-order chi connectivity index (χ0) is 74.1. The van der Waals surface area contributed by atoms with Gasteiger partial charge < -0.3 is 59.9 Å². The Morgan fingerprint density at radius 2 is 1.23 bits per heavy atom. The van der Waals surface area contributed by atoms with E-state index in [-0.39, 0.29) is 106 Å². The zero-order valence-electron chi connectivity index (χ0n) is 59.2. The van der Waals surface area contributed by atoms with Crippen LogP contribution in [0, 0.1) is 17.8 Å². The van der Waals surface area contributed by atoms with Crippen LogP contribution in [0.1, 0.15) is 141 Å². The van der Waals surface area contributed by atoms with E-state index >= 15 is 0 Å². The molecule has 552 valence electrons. The SMILES string of the molecule is CCO[C@@H]1C[C@H]2C(=O)NCCCCC(=O)N(C)[C@@H](C3CCCC3)C(=O)N(C)[C@H](C)CC(=O)N(C)C(CC(C)C)C(=O)N[C@@H]([C@@H](C)CC)C(=O)N(C)CC(=O)N(C)CC(=O)N(C)[C@@H](Cc3ccc(C(F)(F)F)cc3)C(=O)N(C)CC(=O)N[C@@H](CCc3ccc(C(F)(F)F)c(Cl)c3)C(=O)N2C1. The molecular formula is C69H100ClF6N11O12. The monoisotopic (exact) mass is 1420 g/mol. The van der Waals surface area contributed by atoms with Gasteiger partial charge in [-0.05, 0) is 112 Å². The number of hydrogen-bond donors (Lipinski definition) is 3. The van der Waals surface area contributed by atoms with Crippen LogP contribution in [-0.2, 0) is 82.7 Å². The number of amides is 11. The van der Waals surface area contributed by atoms with Crippen LogP contribution >= 0.6 is 11.6 Å². The molecule has 2 aromatic carbocycles. The van der Waals surface area contributed by atoms with Crippen LogP contribution in [-0.4, -0.2) is 241 Å². The molecule has 3 fully saturated rings. The fourth-order valence-electron chi connectivity index (χ4n) is 12.8. The minimum absolute atomic E-state index is 0.0114. The number of fused-ring (bicyclic) bond motifs is 1. The van der Waals surface area contributed by atoms with Gasteiger partial charge in [-0.25, -0.2) is 0 Å². The highest BCUT2D eigenvalue weighted by atomic mass is 35.5. The minimum Gasteiger partial charge on any atom is -0.377 e. The van der Waals surface area contributed by atoms with Crippen molar-refractivity contribution in [1.29, 1.82) is 0 Å². The molecule has 2 aromatic rings. The van der Waals surface area contributed by atoms with E-state index < -0.39 is 162 Å². The second kappa shape index (κ2) is 36.7. The molecule has 0 spiro atoms. The largest absolute Gasteiger partial charge is 0.417 e. The summed E-state index contributed by atoms with van der Waals surface area (Å²) in [5, 5.41) is 7.71. The average molecular weight is 1430 g/mol. The molecule has 23 nitrogen and oxygen atoms in total. The number of alkyl halides is 6. The van der Waals surface area contributed by atoms with Gasteiger partial charge in [-0.2, -0.15) is 26.3 Å². The van der Waals surface area contributed by atoms with Crippen LogP contribution in [0.5, 0.6) is 0 Å². The lowest BCUT2D eigenvalue weighted by Gasteiger charge is -2.37. The van der Waals surface area contributed by atoms with E-state index in [1.165, 1.54) is 54.8 Å². The molecule has 0 bridgehead atoms. The lowest BCUT2D eigenvalue weighted by atomic mass is 9.94. The number of rotatable bonds is 12. The van der Waals surface area contributed by atoms with Gasteiger partial charge in [-0.3, -0.25) is 52.7 Å². The molecular weight excluding hydrogens is 1320 g/mol. The van der Waals surface area contributed by atoms with Crippen LogP contribution in [0.3, 0.4) is 0 Å². The van der Waals surface area contributed by atoms with Gasteiger partial charge in [0.25, 0.3) is 0 Å². The maximum absolute atomic E-state index is 15.0. The number of ether oxygens (including phenoxy) is 1. The third kappa shape index (κ3) is 22.7. The third-order valence-electron chi connectivity index (χ3n) is 19.2. The highest BCUT2D eigenvalue weighted by Crippen LogP contribution is 2.36. The third-order valence-corrected chi connectivity index (χ3v) is 19.6. The molecule has 99 heavy (non-hydrogen) atoms. The first-order valence-electron chi connectivity index (χ1n) is 33.9. The molecule has 1 saturated carbocycles. The number of carbonyl (C=O) groups is 11. The van der Waals surface area contributed by atoms with E-state index in [2.05, 4.69) is 16.0 Å². The van der Waals surface area contributed by atoms with Crippen LogP contribution in [0.15, 0.2) is 42.5 Å². The molecule has 0 radical (unpaired) electrons. The molecule has 1 aliphatic carbocycles. The van der Waals surface area contributed by atoms with Gasteiger partial charge in [-0.15, -0.1) is 0 Å². The first kappa shape index (κ1) is 82.1. The number of nitrogens with zero attached hydrogens (tertiary/aromatic N) is 8. The predicted molar refractivity (Wildman–Crippen MR) is 356 cm³/mol. The molecule has 2 aliphatic heterocycles. The van der Waals surface area contributed by atoms with E-state index in [1.807, 2.05) is 13.8 Å². The number of carbonyl (C=O) groups excluding carboxylic acids is 11. The van der Waals surface area contributed by atoms with Crippen molar-refractivity contribution in [1.82, 2.24) is 55.1 Å². The van der Waals surface area contributed by atoms with Gasteiger partial charge in [0.2, 0.25) is 65.0 Å². The molecule has 3 aliphatic rings. The van der Waals surface area contributed by atoms with Crippen molar-refractivity contribution in [2.75, 3.05) is 88.7 Å². The van der Waals surface area contributed by atoms with Crippen molar-refractivity contribution in [3.63, 3.8) is 0 Å². The van der Waals surface area contributed by atoms with Gasteiger partial charge in [0.15, 0.2) is 0 Å². The van der Waals surface area contributed by atoms with Crippen LogP contribution in [0.4, 0.5) is 26.3 Å². The van der Waals surface area contributed by atoms with Crippen molar-refractivity contribution < 1.29 is 83.8 Å². The fraction of sp³-hybridized carbons (Fsp3) is 0.667. The van der Waals surface area contributed by atoms with Gasteiger partial charge in [0.05, 0.1) is 41.9 Å². The normalized spacial score (nSPS) is 25.0. The quantitative estimate of drug-likeness (QED) is 0.201. The van der Waals surface area contributed by atoms with Crippen molar-refractivity contribution in [3.05, 3.63) is 69.7 Å². The number of benzene rings is 2. The number of likely N-dealkylation sites (N-methyl/N-ethyl adjacent to an activating group) is 7. The Bertz CT molecular complexity index is 3170. The summed E-state index contributed by atoms with van der Waals surface area (Å²) in [5.74, 6) is -8.25. The van der Waals surface area contributed by atoms with E-state index in [1.54, 1.807) is 41.8 Å². The molecule has 9 atom stereocenters. The molecule has 30 heteroatoms. The van der Waals surface area contributed by atoms with Crippen LogP contribution < -0.4 is 16.0 Å². The van der Waals surface area contributed by atoms with Crippen molar-refractivity contribution in [2.45, 2.75) is 192 Å². The summed E-state index contributed by atoms with van der Waals surface area (Å²) >= 11 is 6.09. The van der Waals surface area contributed by atoms with Crippen molar-refractivity contribution >= 4 is 76.6 Å². The number of aryl methyl sites for hydroxylation is 1. The highest BCUT2D eigenvalue weighted by molar-refractivity contribution is 6.31. The Hall–Kier alpha value is -7.56. The summed E-state index contributed by atoms with van der Waals surface area (Å²) in [5.41, 5.74) is -1.74. The molecule has 11 amide bonds. The van der Waals surface area contributed by atoms with Gasteiger partial charge in [-0.1, -0.05) is 76.8 Å². The van der Waals surface area contributed by atoms with E-state index in [9.17, 15) is 79.1 Å². The summed E-state index contributed by atoms with van der Waals surface area (Å²) in [6, 6.07) is -1.39. The lowest BCUT2D eigenvalue weighted by Crippen LogP contribution is -2.58. The Balaban J connectivity index is 1.53. The van der Waals surface area contributed by atoms with Crippen LogP contribution in [0.25, 0.3) is 0 Å². The average Bonchev–Trinajstić information content (AvgIpc) is 1.75. The van der Waals surface area contributed by atoms with Crippen LogP contribution in [0.2, 0.25) is 5.02 Å². The summed E-state index contributed by atoms with van der Waals surface area (Å²) in [4.78, 5) is 168. The maximum Gasteiger partial charge on any atom is 0.417 e. The Morgan fingerprint density at radius 1 is 0.626 bits per heavy atom. The predicted octanol–water partition coefficient (Wildman–Crippen LogP) is 6.20. The first-order chi connectivity index (χ1) is 46.3. The summed E-state index contributed by atoms with van der Waals surface area (Å²) in [6.07, 6.45) is -7.10. The standard InChI is InChI=1S/C69H100ClF6N11O12/c1-14-42(5)60-66(97)82(9)39-58(91)80(7)40-59(92)85(12)54(35-45-23-27-47(28-24-45)68(71,72)73)65(96)81(8)38-55(88)78-51(30-26-44-25-29-49(50(70)34-44)69(74,75)76)64(95)87-37-48(99-15-2)36-53(87)62(93)77-31-19-18-22-56(89)86(13)61(46-20-16-17-21-46)67(98)83(10)43(6)33-57(90)84(11)52(32-41(3)4)63(94)79-60/h23-25,27-29,34,41-43,46,48,51-54,60-61H,14-22,26,30-33,35-40H2,1-13H3,(H,77,93)(H,78,88)(H,79,94)/t42-,43+,48+,51-,52?,53-,54-,60-,61-/m0/s1. The second-order valence-corrected chi connectivity index (χ2v) is 27.5. The molecule has 5 rings (SSSR count). The number of nitrogens with one attached hydrogen (secondary N) is 3. The highest BCUT2D eigenvalue weighted by Gasteiger charge is 2.45. The molecule has 2 saturated heterocycles. The van der Waals surface area contributed by atoms with E-state index in [4.69, 9.17) is 16.3 Å². The Kier molecular flexibility index (Phi) is 30.4. The summed E-state index contributed by atoms with van der Waals surface area (Å²) in [7, 11) is 9.58. The zero-order valence-corrected chi connectivity index (χ0v) is 59.9. The van der Waals surface area contributed by atoms with Crippen molar-refractivity contribution in [2.24, 2.45) is 17.8 Å². The summed E-state index contributed by atoms with van der Waals surface area (Å²) in [6.45, 7) is 8.60. The molecule has 3 N–H and O–H groups in total. The van der Waals surface area contributed by atoms with Gasteiger partial charge in [0.1, 0.15) is 36.3 Å². The van der Waals surface area contributed by atoms with E-state index in [0.717, 1.165) is 74.9 Å². The Morgan fingerprint density at radius 3 is 1.82 bits per heavy atom. The first-order valence-corrected chi connectivity index (χ1v) is 34.3. The number of hydrogen-bond acceptors (Lipinski definition) is 12. The molecule has 0 aromatic heterocycles. The summed E-state index contributed by atoms with van der Waals surface area (Å²) < 4.78 is 88.5. The lowest BCUT2D eigenvalue weighted by molar-refractivity contribution is -0.149. The second-order valence-electron chi connectivity index (χ2n) is 27.1. The molecule has 1 unspecified atom stereocenters. The topological polar surface area (TPSA) is 259 Å². The Labute approximate surface area is 581 Å². The fourth-order valence-corrected chi connectivity index (χ4v) is 13.1. The van der Waals surface area contributed by atoms with E-state index in [0.29, 0.717) is 19.3 Å². The van der Waals surface area contributed by atoms with Gasteiger partial charge in [0, 0.05) is 101 Å². The minimum atomic E-state index is -4.79.